The number of benzene rings is 2. The van der Waals surface area contributed by atoms with Crippen LogP contribution in [0.2, 0.25) is 5.02 Å². The molecule has 0 bridgehead atoms. The average molecular weight is 448 g/mol. The Labute approximate surface area is 176 Å². The van der Waals surface area contributed by atoms with Crippen molar-refractivity contribution in [3.8, 4) is 23.0 Å². The molecule has 0 aliphatic heterocycles. The molecule has 2 rings (SSSR count). The lowest BCUT2D eigenvalue weighted by Crippen LogP contribution is -2.19. The minimum absolute atomic E-state index is 0.0272. The van der Waals surface area contributed by atoms with Crippen LogP contribution < -0.4 is 24.3 Å². The van der Waals surface area contributed by atoms with Crippen molar-refractivity contribution >= 4 is 23.2 Å². The van der Waals surface area contributed by atoms with Gasteiger partial charge in [0.05, 0.1) is 32.0 Å². The lowest BCUT2D eigenvalue weighted by atomic mass is 10.1. The summed E-state index contributed by atoms with van der Waals surface area (Å²) in [5.74, 6) is 0.621. The van der Waals surface area contributed by atoms with Gasteiger partial charge in [-0.3, -0.25) is 4.79 Å². The summed E-state index contributed by atoms with van der Waals surface area (Å²) >= 11 is 6.09. The number of methoxy groups -OCH3 is 3. The van der Waals surface area contributed by atoms with E-state index in [0.717, 1.165) is 0 Å². The maximum Gasteiger partial charge on any atom is 0.422 e. The third kappa shape index (κ3) is 6.62. The van der Waals surface area contributed by atoms with Crippen LogP contribution in [0.3, 0.4) is 0 Å². The van der Waals surface area contributed by atoms with Crippen LogP contribution >= 0.6 is 11.6 Å². The highest BCUT2D eigenvalue weighted by molar-refractivity contribution is 6.32. The Morgan fingerprint density at radius 1 is 0.967 bits per heavy atom. The summed E-state index contributed by atoms with van der Waals surface area (Å²) in [7, 11) is 4.24. The molecule has 6 nitrogen and oxygen atoms in total. The van der Waals surface area contributed by atoms with Crippen molar-refractivity contribution in [3.63, 3.8) is 0 Å². The number of ether oxygens (including phenoxy) is 4. The van der Waals surface area contributed by atoms with Crippen molar-refractivity contribution < 1.29 is 36.9 Å². The molecule has 2 aromatic rings. The average Bonchev–Trinajstić information content (AvgIpc) is 2.70. The van der Waals surface area contributed by atoms with Crippen LogP contribution in [0.15, 0.2) is 30.3 Å². The van der Waals surface area contributed by atoms with Crippen molar-refractivity contribution in [2.45, 2.75) is 19.0 Å². The zero-order valence-corrected chi connectivity index (χ0v) is 17.3. The van der Waals surface area contributed by atoms with Gasteiger partial charge < -0.3 is 24.3 Å². The van der Waals surface area contributed by atoms with Crippen LogP contribution in [0.4, 0.5) is 18.9 Å². The fraction of sp³-hybridized carbons (Fsp3) is 0.350. The highest BCUT2D eigenvalue weighted by Gasteiger charge is 2.29. The number of alkyl halides is 3. The quantitative estimate of drug-likeness (QED) is 0.593. The van der Waals surface area contributed by atoms with E-state index in [1.807, 2.05) is 0 Å². The lowest BCUT2D eigenvalue weighted by Gasteiger charge is -2.14. The third-order valence-corrected chi connectivity index (χ3v) is 4.30. The van der Waals surface area contributed by atoms with Gasteiger partial charge in [0.1, 0.15) is 11.5 Å². The van der Waals surface area contributed by atoms with Gasteiger partial charge in [-0.15, -0.1) is 0 Å². The molecule has 0 unspecified atom stereocenters. The number of anilines is 1. The number of hydrogen-bond donors (Lipinski definition) is 1. The summed E-state index contributed by atoms with van der Waals surface area (Å²) in [6.45, 7) is -1.42. The van der Waals surface area contributed by atoms with Crippen molar-refractivity contribution in [1.29, 1.82) is 0 Å². The molecule has 0 saturated carbocycles. The fourth-order valence-electron chi connectivity index (χ4n) is 2.57. The Hall–Kier alpha value is -2.81. The van der Waals surface area contributed by atoms with E-state index in [-0.39, 0.29) is 23.8 Å². The number of carbonyl (C=O) groups excluding carboxylic acids is 1. The van der Waals surface area contributed by atoms with Gasteiger partial charge in [-0.1, -0.05) is 17.7 Å². The molecule has 0 heterocycles. The van der Waals surface area contributed by atoms with Gasteiger partial charge in [0, 0.05) is 12.5 Å². The maximum absolute atomic E-state index is 12.3. The predicted octanol–water partition coefficient (Wildman–Crippen LogP) is 4.88. The zero-order chi connectivity index (χ0) is 22.3. The van der Waals surface area contributed by atoms with E-state index in [1.54, 1.807) is 12.1 Å². The number of hydrogen-bond acceptors (Lipinski definition) is 5. The molecule has 2 aromatic carbocycles. The Bertz CT molecular complexity index is 889. The van der Waals surface area contributed by atoms with E-state index >= 15 is 0 Å². The minimum atomic E-state index is -4.45. The molecule has 0 spiro atoms. The predicted molar refractivity (Wildman–Crippen MR) is 106 cm³/mol. The van der Waals surface area contributed by atoms with E-state index in [1.165, 1.54) is 39.5 Å². The number of nitrogens with one attached hydrogen (secondary N) is 1. The summed E-state index contributed by atoms with van der Waals surface area (Å²) < 4.78 is 57.2. The molecule has 30 heavy (non-hydrogen) atoms. The topological polar surface area (TPSA) is 66.0 Å². The fourth-order valence-corrected chi connectivity index (χ4v) is 2.82. The number of aryl methyl sites for hydroxylation is 1. The summed E-state index contributed by atoms with van der Waals surface area (Å²) in [6, 6.07) is 7.57. The van der Waals surface area contributed by atoms with Gasteiger partial charge in [0.2, 0.25) is 5.91 Å². The molecule has 1 N–H and O–H groups in total. The van der Waals surface area contributed by atoms with Gasteiger partial charge >= 0.3 is 6.18 Å². The number of amides is 1. The summed E-state index contributed by atoms with van der Waals surface area (Å²) in [6.07, 6.45) is -4.01. The molecule has 0 fully saturated rings. The van der Waals surface area contributed by atoms with E-state index in [9.17, 15) is 18.0 Å². The SMILES string of the molecule is COc1cc(OC)c(NC(=O)CCc2ccc(OCC(F)(F)F)c(OC)c2)cc1Cl. The highest BCUT2D eigenvalue weighted by atomic mass is 35.5. The van der Waals surface area contributed by atoms with Gasteiger partial charge in [-0.2, -0.15) is 13.2 Å². The monoisotopic (exact) mass is 447 g/mol. The molecular formula is C20H21ClF3NO5. The van der Waals surface area contributed by atoms with E-state index in [4.69, 9.17) is 30.5 Å². The van der Waals surface area contributed by atoms with Crippen molar-refractivity contribution in [1.82, 2.24) is 0 Å². The molecule has 164 valence electrons. The smallest absolute Gasteiger partial charge is 0.422 e. The van der Waals surface area contributed by atoms with Gasteiger partial charge in [0.15, 0.2) is 18.1 Å². The Balaban J connectivity index is 2.02. The summed E-state index contributed by atoms with van der Waals surface area (Å²) in [4.78, 5) is 12.3. The van der Waals surface area contributed by atoms with Crippen LogP contribution in [-0.2, 0) is 11.2 Å². The Kier molecular flexibility index (Phi) is 8.05. The second-order valence-electron chi connectivity index (χ2n) is 6.12. The zero-order valence-electron chi connectivity index (χ0n) is 16.6. The normalized spacial score (nSPS) is 11.0. The third-order valence-electron chi connectivity index (χ3n) is 4.01. The number of halogens is 4. The molecule has 0 aromatic heterocycles. The molecular weight excluding hydrogens is 427 g/mol. The van der Waals surface area contributed by atoms with E-state index < -0.39 is 12.8 Å². The first-order valence-electron chi connectivity index (χ1n) is 8.74. The molecule has 0 saturated heterocycles. The first-order valence-corrected chi connectivity index (χ1v) is 9.12. The minimum Gasteiger partial charge on any atom is -0.495 e. The Morgan fingerprint density at radius 3 is 2.23 bits per heavy atom. The van der Waals surface area contributed by atoms with Crippen LogP contribution in [-0.4, -0.2) is 40.0 Å². The van der Waals surface area contributed by atoms with Gasteiger partial charge in [-0.05, 0) is 30.2 Å². The van der Waals surface area contributed by atoms with Crippen molar-refractivity contribution in [2.24, 2.45) is 0 Å². The van der Waals surface area contributed by atoms with E-state index in [0.29, 0.717) is 34.2 Å². The largest absolute Gasteiger partial charge is 0.495 e. The van der Waals surface area contributed by atoms with Crippen LogP contribution in [0.25, 0.3) is 0 Å². The Morgan fingerprint density at radius 2 is 1.63 bits per heavy atom. The molecule has 1 amide bonds. The molecule has 0 aliphatic rings. The van der Waals surface area contributed by atoms with Gasteiger partial charge in [-0.25, -0.2) is 0 Å². The number of rotatable bonds is 9. The molecule has 0 radical (unpaired) electrons. The van der Waals surface area contributed by atoms with Gasteiger partial charge in [0.25, 0.3) is 0 Å². The summed E-state index contributed by atoms with van der Waals surface area (Å²) in [5, 5.41) is 3.03. The van der Waals surface area contributed by atoms with Crippen LogP contribution in [0, 0.1) is 0 Å². The first kappa shape index (κ1) is 23.5. The van der Waals surface area contributed by atoms with Crippen LogP contribution in [0.1, 0.15) is 12.0 Å². The highest BCUT2D eigenvalue weighted by Crippen LogP contribution is 2.36. The molecule has 0 aliphatic carbocycles. The second kappa shape index (κ2) is 10.3. The lowest BCUT2D eigenvalue weighted by molar-refractivity contribution is -0.153. The first-order chi connectivity index (χ1) is 14.2. The van der Waals surface area contributed by atoms with Crippen molar-refractivity contribution in [2.75, 3.05) is 33.3 Å². The second-order valence-corrected chi connectivity index (χ2v) is 6.53. The molecule has 10 heteroatoms. The molecule has 0 atom stereocenters. The van der Waals surface area contributed by atoms with E-state index in [2.05, 4.69) is 5.32 Å². The van der Waals surface area contributed by atoms with Crippen molar-refractivity contribution in [3.05, 3.63) is 40.9 Å². The summed E-state index contributed by atoms with van der Waals surface area (Å²) in [5.41, 5.74) is 1.09. The maximum atomic E-state index is 12.3. The number of carbonyl (C=O) groups is 1. The van der Waals surface area contributed by atoms with Crippen LogP contribution in [0.5, 0.6) is 23.0 Å². The standard InChI is InChI=1S/C20H21ClF3NO5/c1-27-16-10-17(28-2)14(9-13(16)21)25-19(26)7-5-12-4-6-15(18(8-12)29-3)30-11-20(22,23)24/h4,6,8-10H,5,7,11H2,1-3H3,(H,25,26).